The lowest BCUT2D eigenvalue weighted by Gasteiger charge is -2.32. The molecule has 0 bridgehead atoms. The second-order valence-corrected chi connectivity index (χ2v) is 9.57. The lowest BCUT2D eigenvalue weighted by Crippen LogP contribution is -2.41. The Balaban J connectivity index is 1.42. The molecule has 1 aromatic heterocycles. The number of aliphatic imine (C=N–C) groups is 1. The average molecular weight is 452 g/mol. The number of ether oxygens (including phenoxy) is 1. The predicted octanol–water partition coefficient (Wildman–Crippen LogP) is 3.47. The minimum atomic E-state index is -0.636. The zero-order valence-corrected chi connectivity index (χ0v) is 19.6. The molecule has 1 fully saturated rings. The summed E-state index contributed by atoms with van der Waals surface area (Å²) in [6.07, 6.45) is 6.22. The maximum Gasteiger partial charge on any atom is 0.246 e. The summed E-state index contributed by atoms with van der Waals surface area (Å²) in [5.74, 6) is 1.77. The lowest BCUT2D eigenvalue weighted by molar-refractivity contribution is -0.131. The summed E-state index contributed by atoms with van der Waals surface area (Å²) < 4.78 is 6.08. The van der Waals surface area contributed by atoms with Crippen LogP contribution in [0.25, 0.3) is 0 Å². The van der Waals surface area contributed by atoms with E-state index in [9.17, 15) is 4.79 Å². The van der Waals surface area contributed by atoms with Crippen molar-refractivity contribution in [3.8, 4) is 5.88 Å². The smallest absolute Gasteiger partial charge is 0.246 e. The molecule has 1 saturated carbocycles. The number of carbonyl (C=O) groups excluding carboxylic acids is 1. The highest BCUT2D eigenvalue weighted by Gasteiger charge is 2.35. The first-order valence-corrected chi connectivity index (χ1v) is 11.6. The van der Waals surface area contributed by atoms with Crippen molar-refractivity contribution >= 4 is 23.1 Å². The number of aliphatic hydroxyl groups is 1. The molecule has 1 amide bonds. The molecular formula is C25H33N5O3. The number of nitrogens with two attached hydrogens (primary N) is 1. The van der Waals surface area contributed by atoms with Gasteiger partial charge in [0.15, 0.2) is 11.5 Å². The number of nitrogens with zero attached hydrogens (tertiary/aromatic N) is 4. The maximum atomic E-state index is 12.3. The van der Waals surface area contributed by atoms with Crippen LogP contribution in [-0.4, -0.2) is 57.4 Å². The highest BCUT2D eigenvalue weighted by Crippen LogP contribution is 2.40. The Kier molecular flexibility index (Phi) is 6.65. The van der Waals surface area contributed by atoms with Gasteiger partial charge in [-0.15, -0.1) is 0 Å². The zero-order valence-electron chi connectivity index (χ0n) is 19.6. The molecule has 8 heteroatoms. The number of aliphatic hydroxyl groups excluding tert-OH is 1. The molecule has 2 heterocycles. The molecule has 2 aliphatic rings. The summed E-state index contributed by atoms with van der Waals surface area (Å²) in [5, 5.41) is 9.02. The molecule has 8 nitrogen and oxygen atoms in total. The van der Waals surface area contributed by atoms with Gasteiger partial charge in [-0.05, 0) is 56.9 Å². The van der Waals surface area contributed by atoms with Crippen molar-refractivity contribution in [1.29, 1.82) is 0 Å². The first-order chi connectivity index (χ1) is 15.8. The van der Waals surface area contributed by atoms with E-state index in [0.29, 0.717) is 42.2 Å². The second kappa shape index (κ2) is 9.47. The quantitative estimate of drug-likeness (QED) is 0.695. The van der Waals surface area contributed by atoms with Crippen LogP contribution in [0.15, 0.2) is 35.6 Å². The number of anilines is 1. The first-order valence-electron chi connectivity index (χ1n) is 11.6. The molecule has 2 aromatic rings. The van der Waals surface area contributed by atoms with Gasteiger partial charge in [0.05, 0.1) is 12.3 Å². The number of hydrogen-bond acceptors (Lipinski definition) is 7. The van der Waals surface area contributed by atoms with Gasteiger partial charge >= 0.3 is 0 Å². The molecule has 0 spiro atoms. The van der Waals surface area contributed by atoms with E-state index in [1.807, 2.05) is 13.8 Å². The minimum absolute atomic E-state index is 0.00831. The van der Waals surface area contributed by atoms with Gasteiger partial charge in [-0.1, -0.05) is 24.3 Å². The fraction of sp³-hybridized carbons (Fsp3) is 0.520. The summed E-state index contributed by atoms with van der Waals surface area (Å²) in [6.45, 7) is 4.36. The molecule has 1 aliphatic heterocycles. The van der Waals surface area contributed by atoms with E-state index in [2.05, 4.69) is 34.2 Å². The highest BCUT2D eigenvalue weighted by atomic mass is 16.5. The number of nitrogen functional groups attached to an aromatic ring is 1. The van der Waals surface area contributed by atoms with Crippen LogP contribution in [0, 0.1) is 5.92 Å². The second-order valence-electron chi connectivity index (χ2n) is 9.57. The maximum absolute atomic E-state index is 12.3. The molecule has 4 rings (SSSR count). The number of aromatic nitrogens is 2. The fourth-order valence-corrected chi connectivity index (χ4v) is 4.79. The van der Waals surface area contributed by atoms with Crippen LogP contribution in [-0.2, 0) is 4.79 Å². The summed E-state index contributed by atoms with van der Waals surface area (Å²) in [5.41, 5.74) is 8.95. The molecule has 0 saturated heterocycles. The van der Waals surface area contributed by atoms with Crippen molar-refractivity contribution in [2.75, 3.05) is 25.9 Å². The van der Waals surface area contributed by atoms with E-state index in [1.54, 1.807) is 11.9 Å². The monoisotopic (exact) mass is 451 g/mol. The number of benzene rings is 1. The Bertz CT molecular complexity index is 1030. The Morgan fingerprint density at radius 2 is 1.88 bits per heavy atom. The third kappa shape index (κ3) is 5.00. The molecular weight excluding hydrogens is 418 g/mol. The topological polar surface area (TPSA) is 114 Å². The minimum Gasteiger partial charge on any atom is -0.463 e. The molecule has 33 heavy (non-hydrogen) atoms. The number of carbonyl (C=O) groups is 1. The van der Waals surface area contributed by atoms with Crippen LogP contribution in [0.3, 0.4) is 0 Å². The van der Waals surface area contributed by atoms with E-state index in [4.69, 9.17) is 20.6 Å². The third-order valence-electron chi connectivity index (χ3n) is 6.79. The van der Waals surface area contributed by atoms with Crippen molar-refractivity contribution in [3.05, 3.63) is 41.7 Å². The van der Waals surface area contributed by atoms with Crippen LogP contribution in [0.5, 0.6) is 5.88 Å². The predicted molar refractivity (Wildman–Crippen MR) is 128 cm³/mol. The molecule has 1 aromatic carbocycles. The molecule has 0 radical (unpaired) electrons. The zero-order chi connectivity index (χ0) is 23.6. The summed E-state index contributed by atoms with van der Waals surface area (Å²) in [6, 6.07) is 8.56. The lowest BCUT2D eigenvalue weighted by atomic mass is 9.77. The molecule has 1 aliphatic carbocycles. The van der Waals surface area contributed by atoms with Gasteiger partial charge in [0, 0.05) is 25.6 Å². The van der Waals surface area contributed by atoms with Crippen molar-refractivity contribution in [2.45, 2.75) is 57.5 Å². The fourth-order valence-electron chi connectivity index (χ4n) is 4.79. The number of amides is 1. The Morgan fingerprint density at radius 3 is 2.55 bits per heavy atom. The SMILES string of the molecule is CN(CCO)C(=O)C[C@H]1CC[C@H](c2ccc(C3=Nc4c(N)ncnc4OC3(C)C)cc2)CC1. The largest absolute Gasteiger partial charge is 0.463 e. The normalized spacial score (nSPS) is 21.5. The summed E-state index contributed by atoms with van der Waals surface area (Å²) in [7, 11) is 1.76. The van der Waals surface area contributed by atoms with E-state index < -0.39 is 5.60 Å². The van der Waals surface area contributed by atoms with Crippen LogP contribution in [0.4, 0.5) is 11.5 Å². The number of fused-ring (bicyclic) bond motifs is 1. The van der Waals surface area contributed by atoms with Crippen molar-refractivity contribution in [3.63, 3.8) is 0 Å². The highest BCUT2D eigenvalue weighted by molar-refractivity contribution is 6.09. The molecule has 176 valence electrons. The van der Waals surface area contributed by atoms with Gasteiger partial charge in [0.25, 0.3) is 0 Å². The van der Waals surface area contributed by atoms with E-state index >= 15 is 0 Å². The molecule has 0 unspecified atom stereocenters. The van der Waals surface area contributed by atoms with Crippen molar-refractivity contribution < 1.29 is 14.6 Å². The van der Waals surface area contributed by atoms with Gasteiger partial charge < -0.3 is 20.5 Å². The Labute approximate surface area is 194 Å². The summed E-state index contributed by atoms with van der Waals surface area (Å²) in [4.78, 5) is 26.9. The molecule has 3 N–H and O–H groups in total. The number of hydrogen-bond donors (Lipinski definition) is 2. The van der Waals surface area contributed by atoms with E-state index in [1.165, 1.54) is 11.9 Å². The van der Waals surface area contributed by atoms with Crippen molar-refractivity contribution in [1.82, 2.24) is 14.9 Å². The summed E-state index contributed by atoms with van der Waals surface area (Å²) >= 11 is 0. The van der Waals surface area contributed by atoms with Gasteiger partial charge in [-0.25, -0.2) is 9.98 Å². The standard InChI is InChI=1S/C25H33N5O3/c1-25(2)22(29-21-23(26)27-15-28-24(21)33-25)19-10-8-18(9-11-19)17-6-4-16(5-7-17)14-20(32)30(3)12-13-31/h8-11,15-17,31H,4-7,12-14H2,1-3H3,(H2,26,27,28)/t16-,17-. The van der Waals surface area contributed by atoms with Crippen LogP contribution in [0.1, 0.15) is 63.0 Å². The van der Waals surface area contributed by atoms with Gasteiger partial charge in [-0.3, -0.25) is 4.79 Å². The van der Waals surface area contributed by atoms with Crippen LogP contribution >= 0.6 is 0 Å². The first kappa shape index (κ1) is 23.2. The van der Waals surface area contributed by atoms with E-state index in [0.717, 1.165) is 37.0 Å². The van der Waals surface area contributed by atoms with Gasteiger partial charge in [0.2, 0.25) is 11.8 Å². The van der Waals surface area contributed by atoms with Crippen LogP contribution < -0.4 is 10.5 Å². The van der Waals surface area contributed by atoms with Crippen molar-refractivity contribution in [2.24, 2.45) is 10.9 Å². The van der Waals surface area contributed by atoms with E-state index in [-0.39, 0.29) is 12.5 Å². The number of rotatable bonds is 6. The van der Waals surface area contributed by atoms with Gasteiger partial charge in [0.1, 0.15) is 11.9 Å². The van der Waals surface area contributed by atoms with Crippen LogP contribution in [0.2, 0.25) is 0 Å². The van der Waals surface area contributed by atoms with Gasteiger partial charge in [-0.2, -0.15) is 4.98 Å². The third-order valence-corrected chi connectivity index (χ3v) is 6.79. The Hall–Kier alpha value is -3.00. The Morgan fingerprint density at radius 1 is 1.18 bits per heavy atom. The average Bonchev–Trinajstić information content (AvgIpc) is 2.79. The molecule has 0 atom stereocenters. The number of likely N-dealkylation sites (N-methyl/N-ethyl adjacent to an activating group) is 1.